The molecule has 0 aromatic heterocycles. The van der Waals surface area contributed by atoms with Gasteiger partial charge in [-0.2, -0.15) is 0 Å². The maximum absolute atomic E-state index is 11.8. The number of nitrogens with zero attached hydrogens (tertiary/aromatic N) is 1. The van der Waals surface area contributed by atoms with Crippen molar-refractivity contribution in [3.63, 3.8) is 0 Å². The molecule has 86 valence electrons. The first-order valence-electron chi connectivity index (χ1n) is 5.23. The lowest BCUT2D eigenvalue weighted by atomic mass is 10.1. The molecule has 5 nitrogen and oxygen atoms in total. The van der Waals surface area contributed by atoms with Crippen LogP contribution < -0.4 is 5.73 Å². The molecule has 0 aromatic carbocycles. The van der Waals surface area contributed by atoms with Crippen LogP contribution in [0, 0.1) is 5.92 Å². The van der Waals surface area contributed by atoms with Crippen molar-refractivity contribution in [1.29, 1.82) is 0 Å². The van der Waals surface area contributed by atoms with Gasteiger partial charge in [0, 0.05) is 25.6 Å². The molecule has 0 aliphatic heterocycles. The molecule has 3 N–H and O–H groups in total. The largest absolute Gasteiger partial charge is 0.481 e. The van der Waals surface area contributed by atoms with Crippen molar-refractivity contribution < 1.29 is 14.7 Å². The van der Waals surface area contributed by atoms with Crippen LogP contribution >= 0.6 is 0 Å². The average Bonchev–Trinajstić information content (AvgIpc) is 2.60. The zero-order valence-corrected chi connectivity index (χ0v) is 8.98. The highest BCUT2D eigenvalue weighted by molar-refractivity contribution is 5.79. The second-order valence-corrected chi connectivity index (χ2v) is 4.17. The molecule has 0 spiro atoms. The highest BCUT2D eigenvalue weighted by Crippen LogP contribution is 2.25. The fourth-order valence-corrected chi connectivity index (χ4v) is 1.93. The Bertz CT molecular complexity index is 255. The lowest BCUT2D eigenvalue weighted by Gasteiger charge is -2.20. The molecule has 1 aliphatic carbocycles. The quantitative estimate of drug-likeness (QED) is 0.692. The molecule has 1 rings (SSSR count). The van der Waals surface area contributed by atoms with Crippen LogP contribution in [0.1, 0.15) is 25.7 Å². The van der Waals surface area contributed by atoms with Gasteiger partial charge in [0.25, 0.3) is 0 Å². The number of hydrogen-bond acceptors (Lipinski definition) is 3. The predicted molar refractivity (Wildman–Crippen MR) is 55.2 cm³/mol. The van der Waals surface area contributed by atoms with Crippen LogP contribution in [0.25, 0.3) is 0 Å². The summed E-state index contributed by atoms with van der Waals surface area (Å²) in [6.07, 6.45) is 2.46. The van der Waals surface area contributed by atoms with Crippen LogP contribution in [0.15, 0.2) is 0 Å². The Morgan fingerprint density at radius 3 is 2.60 bits per heavy atom. The molecule has 2 atom stereocenters. The van der Waals surface area contributed by atoms with Gasteiger partial charge in [-0.3, -0.25) is 9.59 Å². The normalized spacial score (nSPS) is 25.2. The number of aliphatic carboxylic acids is 1. The van der Waals surface area contributed by atoms with Gasteiger partial charge < -0.3 is 15.7 Å². The molecular formula is C10H18N2O3. The Labute approximate surface area is 89.2 Å². The maximum atomic E-state index is 11.8. The first-order chi connectivity index (χ1) is 7.00. The summed E-state index contributed by atoms with van der Waals surface area (Å²) in [7, 11) is 1.65. The molecule has 1 aliphatic rings. The third-order valence-corrected chi connectivity index (χ3v) is 2.86. The van der Waals surface area contributed by atoms with E-state index in [1.165, 1.54) is 4.90 Å². The smallest absolute Gasteiger partial charge is 0.305 e. The number of rotatable bonds is 4. The number of carbonyl (C=O) groups is 2. The summed E-state index contributed by atoms with van der Waals surface area (Å²) in [5.74, 6) is -0.847. The SMILES string of the molecule is CN(CCC(=O)O)C(=O)C1CCC(N)C1. The number of hydrogen-bond donors (Lipinski definition) is 2. The second-order valence-electron chi connectivity index (χ2n) is 4.17. The van der Waals surface area contributed by atoms with Crippen LogP contribution in [0.3, 0.4) is 0 Å². The van der Waals surface area contributed by atoms with Gasteiger partial charge in [-0.25, -0.2) is 0 Å². The molecule has 1 fully saturated rings. The van der Waals surface area contributed by atoms with E-state index in [2.05, 4.69) is 0 Å². The van der Waals surface area contributed by atoms with Gasteiger partial charge in [0.2, 0.25) is 5.91 Å². The van der Waals surface area contributed by atoms with Crippen LogP contribution in [-0.4, -0.2) is 41.5 Å². The fraction of sp³-hybridized carbons (Fsp3) is 0.800. The van der Waals surface area contributed by atoms with Crippen molar-refractivity contribution in [2.45, 2.75) is 31.7 Å². The topological polar surface area (TPSA) is 83.6 Å². The summed E-state index contributed by atoms with van der Waals surface area (Å²) in [6.45, 7) is 0.278. The van der Waals surface area contributed by atoms with E-state index in [1.807, 2.05) is 0 Å². The highest BCUT2D eigenvalue weighted by atomic mass is 16.4. The number of carboxylic acid groups (broad SMARTS) is 1. The standard InChI is InChI=1S/C10H18N2O3/c1-12(5-4-9(13)14)10(15)7-2-3-8(11)6-7/h7-8H,2-6,11H2,1H3,(H,13,14). The Kier molecular flexibility index (Phi) is 4.08. The van der Waals surface area contributed by atoms with Crippen LogP contribution in [0.2, 0.25) is 0 Å². The number of carbonyl (C=O) groups excluding carboxylic acids is 1. The first kappa shape index (κ1) is 12.0. The summed E-state index contributed by atoms with van der Waals surface area (Å²) in [4.78, 5) is 23.6. The van der Waals surface area contributed by atoms with Crippen molar-refractivity contribution in [2.75, 3.05) is 13.6 Å². The van der Waals surface area contributed by atoms with Crippen LogP contribution in [0.4, 0.5) is 0 Å². The number of nitrogens with two attached hydrogens (primary N) is 1. The van der Waals surface area contributed by atoms with Crippen molar-refractivity contribution in [3.05, 3.63) is 0 Å². The molecular weight excluding hydrogens is 196 g/mol. The van der Waals surface area contributed by atoms with Crippen LogP contribution in [-0.2, 0) is 9.59 Å². The molecule has 0 saturated heterocycles. The zero-order chi connectivity index (χ0) is 11.4. The molecule has 0 bridgehead atoms. The minimum atomic E-state index is -0.877. The molecule has 0 aromatic rings. The van der Waals surface area contributed by atoms with E-state index in [0.717, 1.165) is 19.3 Å². The van der Waals surface area contributed by atoms with E-state index in [-0.39, 0.29) is 30.8 Å². The molecule has 0 radical (unpaired) electrons. The number of amides is 1. The van der Waals surface area contributed by atoms with Crippen molar-refractivity contribution in [1.82, 2.24) is 4.90 Å². The average molecular weight is 214 g/mol. The Hall–Kier alpha value is -1.10. The van der Waals surface area contributed by atoms with E-state index < -0.39 is 5.97 Å². The number of carboxylic acids is 1. The lowest BCUT2D eigenvalue weighted by molar-refractivity contribution is -0.139. The summed E-state index contributed by atoms with van der Waals surface area (Å²) in [5, 5.41) is 8.49. The summed E-state index contributed by atoms with van der Waals surface area (Å²) in [6, 6.07) is 0.131. The molecule has 1 amide bonds. The molecule has 1 saturated carbocycles. The molecule has 0 heterocycles. The van der Waals surface area contributed by atoms with Gasteiger partial charge in [0.1, 0.15) is 0 Å². The molecule has 15 heavy (non-hydrogen) atoms. The minimum absolute atomic E-state index is 0.00101. The summed E-state index contributed by atoms with van der Waals surface area (Å²) < 4.78 is 0. The van der Waals surface area contributed by atoms with Gasteiger partial charge in [0.05, 0.1) is 6.42 Å². The second kappa shape index (κ2) is 5.11. The van der Waals surface area contributed by atoms with E-state index in [0.29, 0.717) is 0 Å². The Balaban J connectivity index is 2.35. The minimum Gasteiger partial charge on any atom is -0.481 e. The van der Waals surface area contributed by atoms with Gasteiger partial charge in [0.15, 0.2) is 0 Å². The van der Waals surface area contributed by atoms with E-state index in [4.69, 9.17) is 10.8 Å². The van der Waals surface area contributed by atoms with Gasteiger partial charge in [-0.1, -0.05) is 0 Å². The van der Waals surface area contributed by atoms with Crippen LogP contribution in [0.5, 0.6) is 0 Å². The fourth-order valence-electron chi connectivity index (χ4n) is 1.93. The highest BCUT2D eigenvalue weighted by Gasteiger charge is 2.29. The lowest BCUT2D eigenvalue weighted by Crippen LogP contribution is -2.34. The van der Waals surface area contributed by atoms with Gasteiger partial charge in [-0.15, -0.1) is 0 Å². The van der Waals surface area contributed by atoms with Gasteiger partial charge >= 0.3 is 5.97 Å². The van der Waals surface area contributed by atoms with Gasteiger partial charge in [-0.05, 0) is 19.3 Å². The van der Waals surface area contributed by atoms with Crippen molar-refractivity contribution in [3.8, 4) is 0 Å². The van der Waals surface area contributed by atoms with E-state index in [9.17, 15) is 9.59 Å². The Morgan fingerprint density at radius 2 is 2.13 bits per heavy atom. The van der Waals surface area contributed by atoms with E-state index in [1.54, 1.807) is 7.05 Å². The van der Waals surface area contributed by atoms with E-state index >= 15 is 0 Å². The van der Waals surface area contributed by atoms with Crippen molar-refractivity contribution >= 4 is 11.9 Å². The third kappa shape index (κ3) is 3.51. The predicted octanol–water partition coefficient (Wildman–Crippen LogP) is 0.0469. The first-order valence-corrected chi connectivity index (χ1v) is 5.23. The molecule has 2 unspecified atom stereocenters. The maximum Gasteiger partial charge on any atom is 0.305 e. The third-order valence-electron chi connectivity index (χ3n) is 2.86. The van der Waals surface area contributed by atoms with Crippen molar-refractivity contribution in [2.24, 2.45) is 11.7 Å². The zero-order valence-electron chi connectivity index (χ0n) is 8.98. The monoisotopic (exact) mass is 214 g/mol. The Morgan fingerprint density at radius 1 is 1.47 bits per heavy atom. The summed E-state index contributed by atoms with van der Waals surface area (Å²) in [5.41, 5.74) is 5.72. The molecule has 5 heteroatoms. The summed E-state index contributed by atoms with van der Waals surface area (Å²) >= 11 is 0.